The summed E-state index contributed by atoms with van der Waals surface area (Å²) in [6, 6.07) is 9.96. The normalized spacial score (nSPS) is 11.0. The van der Waals surface area contributed by atoms with Crippen molar-refractivity contribution in [2.75, 3.05) is 0 Å². The zero-order chi connectivity index (χ0) is 13.8. The standard InChI is InChI=1S/C15H11N3OS/c19-13(14-16-8-9-17-14)7-6-12-10-20-15(18-12)11-4-2-1-3-5-11/h1-10H,(H,16,17). The first-order chi connectivity index (χ1) is 9.83. The highest BCUT2D eigenvalue weighted by molar-refractivity contribution is 7.13. The molecule has 0 atom stereocenters. The topological polar surface area (TPSA) is 58.6 Å². The molecule has 20 heavy (non-hydrogen) atoms. The number of carbonyl (C=O) groups is 1. The van der Waals surface area contributed by atoms with Crippen molar-refractivity contribution >= 4 is 23.2 Å². The molecule has 3 aromatic rings. The second kappa shape index (κ2) is 5.63. The first-order valence-corrected chi connectivity index (χ1v) is 6.93. The van der Waals surface area contributed by atoms with Crippen LogP contribution in [0, 0.1) is 0 Å². The van der Waals surface area contributed by atoms with Crippen molar-refractivity contribution in [3.63, 3.8) is 0 Å². The molecule has 98 valence electrons. The Morgan fingerprint density at radius 2 is 2.10 bits per heavy atom. The fraction of sp³-hybridized carbons (Fsp3) is 0. The maximum absolute atomic E-state index is 11.8. The molecule has 0 spiro atoms. The number of ketones is 1. The van der Waals surface area contributed by atoms with E-state index in [4.69, 9.17) is 0 Å². The number of aromatic nitrogens is 3. The van der Waals surface area contributed by atoms with Gasteiger partial charge in [0.15, 0.2) is 5.82 Å². The number of nitrogens with one attached hydrogen (secondary N) is 1. The Bertz CT molecular complexity index is 730. The molecular formula is C15H11N3OS. The molecule has 0 unspecified atom stereocenters. The molecule has 1 N–H and O–H groups in total. The maximum Gasteiger partial charge on any atom is 0.221 e. The second-order valence-corrected chi connectivity index (χ2v) is 4.94. The zero-order valence-corrected chi connectivity index (χ0v) is 11.3. The highest BCUT2D eigenvalue weighted by Gasteiger charge is 2.05. The molecule has 0 saturated heterocycles. The minimum atomic E-state index is -0.163. The third-order valence-corrected chi connectivity index (χ3v) is 3.59. The quantitative estimate of drug-likeness (QED) is 0.588. The van der Waals surface area contributed by atoms with Gasteiger partial charge >= 0.3 is 0 Å². The van der Waals surface area contributed by atoms with Crippen LogP contribution in [0.1, 0.15) is 16.3 Å². The number of rotatable bonds is 4. The number of allylic oxidation sites excluding steroid dienone is 1. The lowest BCUT2D eigenvalue weighted by atomic mass is 10.2. The second-order valence-electron chi connectivity index (χ2n) is 4.08. The summed E-state index contributed by atoms with van der Waals surface area (Å²) in [6.45, 7) is 0. The number of aromatic amines is 1. The number of thiazole rings is 1. The van der Waals surface area contributed by atoms with Gasteiger partial charge < -0.3 is 4.98 Å². The molecule has 0 bridgehead atoms. The van der Waals surface area contributed by atoms with Crippen LogP contribution in [0.4, 0.5) is 0 Å². The van der Waals surface area contributed by atoms with Gasteiger partial charge in [0.05, 0.1) is 5.69 Å². The monoisotopic (exact) mass is 281 g/mol. The molecule has 0 saturated carbocycles. The fourth-order valence-electron chi connectivity index (χ4n) is 1.72. The third-order valence-electron chi connectivity index (χ3n) is 2.68. The minimum absolute atomic E-state index is 0.163. The van der Waals surface area contributed by atoms with E-state index in [1.54, 1.807) is 29.8 Å². The molecule has 4 nitrogen and oxygen atoms in total. The van der Waals surface area contributed by atoms with Crippen LogP contribution in [0.3, 0.4) is 0 Å². The number of imidazole rings is 1. The number of hydrogen-bond donors (Lipinski definition) is 1. The first-order valence-electron chi connectivity index (χ1n) is 6.06. The molecule has 5 heteroatoms. The Kier molecular flexibility index (Phi) is 3.52. The van der Waals surface area contributed by atoms with Gasteiger partial charge in [0, 0.05) is 23.3 Å². The molecule has 0 amide bonds. The van der Waals surface area contributed by atoms with Crippen molar-refractivity contribution in [1.29, 1.82) is 0 Å². The summed E-state index contributed by atoms with van der Waals surface area (Å²) in [5.41, 5.74) is 1.85. The predicted molar refractivity (Wildman–Crippen MR) is 79.5 cm³/mol. The van der Waals surface area contributed by atoms with Crippen molar-refractivity contribution < 1.29 is 4.79 Å². The van der Waals surface area contributed by atoms with Crippen molar-refractivity contribution in [2.45, 2.75) is 0 Å². The van der Waals surface area contributed by atoms with E-state index in [1.165, 1.54) is 6.08 Å². The molecule has 2 heterocycles. The molecule has 3 rings (SSSR count). The number of hydrogen-bond acceptors (Lipinski definition) is 4. The van der Waals surface area contributed by atoms with Gasteiger partial charge in [-0.2, -0.15) is 0 Å². The van der Waals surface area contributed by atoms with E-state index < -0.39 is 0 Å². The van der Waals surface area contributed by atoms with Crippen LogP contribution in [0.25, 0.3) is 16.6 Å². The van der Waals surface area contributed by atoms with Gasteiger partial charge in [-0.3, -0.25) is 4.79 Å². The molecule has 2 aromatic heterocycles. The summed E-state index contributed by atoms with van der Waals surface area (Å²) in [6.07, 6.45) is 6.35. The Morgan fingerprint density at radius 1 is 1.25 bits per heavy atom. The molecule has 0 aliphatic heterocycles. The summed E-state index contributed by atoms with van der Waals surface area (Å²) >= 11 is 1.55. The lowest BCUT2D eigenvalue weighted by Gasteiger charge is -1.92. The SMILES string of the molecule is O=C(C=Cc1csc(-c2ccccc2)n1)c1ncc[nH]1. The van der Waals surface area contributed by atoms with E-state index in [0.29, 0.717) is 5.82 Å². The van der Waals surface area contributed by atoms with Gasteiger partial charge in [0.25, 0.3) is 0 Å². The molecule has 1 aromatic carbocycles. The van der Waals surface area contributed by atoms with Crippen molar-refractivity contribution in [2.24, 2.45) is 0 Å². The molecule has 0 aliphatic rings. The lowest BCUT2D eigenvalue weighted by molar-refractivity contribution is 0.103. The van der Waals surface area contributed by atoms with Crippen molar-refractivity contribution in [1.82, 2.24) is 15.0 Å². The van der Waals surface area contributed by atoms with E-state index in [2.05, 4.69) is 15.0 Å². The molecule has 0 aliphatic carbocycles. The van der Waals surface area contributed by atoms with Crippen molar-refractivity contribution in [3.8, 4) is 10.6 Å². The summed E-state index contributed by atoms with van der Waals surface area (Å²) in [5, 5.41) is 2.87. The van der Waals surface area contributed by atoms with E-state index in [1.807, 2.05) is 35.7 Å². The Hall–Kier alpha value is -2.53. The van der Waals surface area contributed by atoms with E-state index in [9.17, 15) is 4.79 Å². The van der Waals surface area contributed by atoms with Gasteiger partial charge in [0.1, 0.15) is 5.01 Å². The molecular weight excluding hydrogens is 270 g/mol. The van der Waals surface area contributed by atoms with Gasteiger partial charge in [-0.15, -0.1) is 11.3 Å². The number of carbonyl (C=O) groups excluding carboxylic acids is 1. The van der Waals surface area contributed by atoms with E-state index in [-0.39, 0.29) is 5.78 Å². The summed E-state index contributed by atoms with van der Waals surface area (Å²) in [5.74, 6) is 0.170. The summed E-state index contributed by atoms with van der Waals surface area (Å²) < 4.78 is 0. The number of nitrogens with zero attached hydrogens (tertiary/aromatic N) is 2. The van der Waals surface area contributed by atoms with Gasteiger partial charge in [0.2, 0.25) is 5.78 Å². The predicted octanol–water partition coefficient (Wildman–Crippen LogP) is 3.43. The molecule has 0 radical (unpaired) electrons. The smallest absolute Gasteiger partial charge is 0.221 e. The highest BCUT2D eigenvalue weighted by atomic mass is 32.1. The Morgan fingerprint density at radius 3 is 2.85 bits per heavy atom. The first kappa shape index (κ1) is 12.5. The van der Waals surface area contributed by atoms with Crippen LogP contribution < -0.4 is 0 Å². The lowest BCUT2D eigenvalue weighted by Crippen LogP contribution is -1.96. The Labute approximate surface area is 119 Å². The zero-order valence-electron chi connectivity index (χ0n) is 10.5. The maximum atomic E-state index is 11.8. The van der Waals surface area contributed by atoms with Gasteiger partial charge in [-0.1, -0.05) is 30.3 Å². The van der Waals surface area contributed by atoms with Crippen LogP contribution in [-0.2, 0) is 0 Å². The highest BCUT2D eigenvalue weighted by Crippen LogP contribution is 2.23. The fourth-order valence-corrected chi connectivity index (χ4v) is 2.51. The van der Waals surface area contributed by atoms with Gasteiger partial charge in [-0.05, 0) is 12.2 Å². The largest absolute Gasteiger partial charge is 0.342 e. The van der Waals surface area contributed by atoms with Crippen LogP contribution in [0.5, 0.6) is 0 Å². The van der Waals surface area contributed by atoms with Crippen LogP contribution in [0.2, 0.25) is 0 Å². The van der Waals surface area contributed by atoms with Crippen LogP contribution >= 0.6 is 11.3 Å². The summed E-state index contributed by atoms with van der Waals surface area (Å²) in [7, 11) is 0. The van der Waals surface area contributed by atoms with Crippen molar-refractivity contribution in [3.05, 3.63) is 65.7 Å². The summed E-state index contributed by atoms with van der Waals surface area (Å²) in [4.78, 5) is 22.9. The average molecular weight is 281 g/mol. The molecule has 0 fully saturated rings. The third kappa shape index (κ3) is 2.73. The number of benzene rings is 1. The van der Waals surface area contributed by atoms with E-state index in [0.717, 1.165) is 16.3 Å². The van der Waals surface area contributed by atoms with Crippen LogP contribution in [0.15, 0.2) is 54.2 Å². The minimum Gasteiger partial charge on any atom is -0.342 e. The van der Waals surface area contributed by atoms with Gasteiger partial charge in [-0.25, -0.2) is 9.97 Å². The van der Waals surface area contributed by atoms with Crippen LogP contribution in [-0.4, -0.2) is 20.7 Å². The average Bonchev–Trinajstić information content (AvgIpc) is 3.17. The Balaban J connectivity index is 1.76. The number of H-pyrrole nitrogens is 1. The van der Waals surface area contributed by atoms with E-state index >= 15 is 0 Å².